The molecule has 0 heterocycles. The molecule has 0 saturated carbocycles. The molecule has 1 amide bonds. The Labute approximate surface area is 89.1 Å². The van der Waals surface area contributed by atoms with Crippen molar-refractivity contribution in [3.63, 3.8) is 0 Å². The number of amides is 1. The molecule has 4 nitrogen and oxygen atoms in total. The normalized spacial score (nSPS) is 11.1. The minimum Gasteiger partial charge on any atom is -0.508 e. The van der Waals surface area contributed by atoms with Gasteiger partial charge in [-0.15, -0.1) is 0 Å². The molecule has 0 aliphatic rings. The summed E-state index contributed by atoms with van der Waals surface area (Å²) in [7, 11) is 0. The minimum absolute atomic E-state index is 0.143. The number of hydrogen-bond donors (Lipinski definition) is 3. The van der Waals surface area contributed by atoms with Gasteiger partial charge in [0.25, 0.3) is 5.91 Å². The molecule has 1 rings (SSSR count). The van der Waals surface area contributed by atoms with Crippen LogP contribution in [0.4, 0.5) is 0 Å². The van der Waals surface area contributed by atoms with Crippen LogP contribution >= 0.6 is 0 Å². The highest BCUT2D eigenvalue weighted by Crippen LogP contribution is 2.10. The van der Waals surface area contributed by atoms with Crippen molar-refractivity contribution in [2.24, 2.45) is 5.73 Å². The summed E-state index contributed by atoms with van der Waals surface area (Å²) in [5, 5.41) is 11.9. The van der Waals surface area contributed by atoms with Crippen molar-refractivity contribution in [3.05, 3.63) is 29.8 Å². The summed E-state index contributed by atoms with van der Waals surface area (Å²) >= 11 is 0. The van der Waals surface area contributed by atoms with E-state index in [0.29, 0.717) is 12.1 Å². The molecule has 0 bridgehead atoms. The lowest BCUT2D eigenvalue weighted by Gasteiger charge is -2.24. The maximum absolute atomic E-state index is 11.7. The smallest absolute Gasteiger partial charge is 0.251 e. The molecule has 0 aromatic heterocycles. The van der Waals surface area contributed by atoms with Crippen molar-refractivity contribution in [1.29, 1.82) is 0 Å². The molecular formula is C11H16N2O2. The van der Waals surface area contributed by atoms with Gasteiger partial charge in [-0.3, -0.25) is 4.79 Å². The SMILES string of the molecule is CC(C)(CN)NC(=O)c1ccc(O)cc1. The van der Waals surface area contributed by atoms with Gasteiger partial charge in [-0.05, 0) is 38.1 Å². The standard InChI is InChI=1S/C11H16N2O2/c1-11(2,7-12)13-10(15)8-3-5-9(14)6-4-8/h3-6,14H,7,12H2,1-2H3,(H,13,15). The highest BCUT2D eigenvalue weighted by molar-refractivity contribution is 5.94. The van der Waals surface area contributed by atoms with Gasteiger partial charge < -0.3 is 16.2 Å². The summed E-state index contributed by atoms with van der Waals surface area (Å²) in [6.45, 7) is 4.08. The van der Waals surface area contributed by atoms with E-state index >= 15 is 0 Å². The van der Waals surface area contributed by atoms with Gasteiger partial charge in [0.1, 0.15) is 5.75 Å². The average molecular weight is 208 g/mol. The van der Waals surface area contributed by atoms with Gasteiger partial charge in [0.15, 0.2) is 0 Å². The molecule has 0 unspecified atom stereocenters. The lowest BCUT2D eigenvalue weighted by Crippen LogP contribution is -2.48. The second-order valence-electron chi connectivity index (χ2n) is 4.09. The van der Waals surface area contributed by atoms with E-state index in [1.54, 1.807) is 12.1 Å². The molecule has 0 aliphatic carbocycles. The van der Waals surface area contributed by atoms with Gasteiger partial charge in [-0.2, -0.15) is 0 Å². The summed E-state index contributed by atoms with van der Waals surface area (Å²) in [4.78, 5) is 11.7. The van der Waals surface area contributed by atoms with E-state index < -0.39 is 5.54 Å². The quantitative estimate of drug-likeness (QED) is 0.689. The molecule has 1 aromatic rings. The predicted octanol–water partition coefficient (Wildman–Crippen LogP) is 0.859. The van der Waals surface area contributed by atoms with Crippen LogP contribution in [-0.4, -0.2) is 23.1 Å². The van der Waals surface area contributed by atoms with Gasteiger partial charge in [-0.1, -0.05) is 0 Å². The number of aromatic hydroxyl groups is 1. The predicted molar refractivity (Wildman–Crippen MR) is 58.7 cm³/mol. The molecule has 0 radical (unpaired) electrons. The van der Waals surface area contributed by atoms with Crippen molar-refractivity contribution in [3.8, 4) is 5.75 Å². The van der Waals surface area contributed by atoms with E-state index in [1.807, 2.05) is 13.8 Å². The van der Waals surface area contributed by atoms with E-state index in [4.69, 9.17) is 10.8 Å². The Morgan fingerprint density at radius 3 is 2.40 bits per heavy atom. The fourth-order valence-corrected chi connectivity index (χ4v) is 1.04. The van der Waals surface area contributed by atoms with E-state index in [2.05, 4.69) is 5.32 Å². The van der Waals surface area contributed by atoms with Gasteiger partial charge in [0.05, 0.1) is 0 Å². The lowest BCUT2D eigenvalue weighted by atomic mass is 10.1. The summed E-state index contributed by atoms with van der Waals surface area (Å²) in [5.74, 6) is -0.0462. The van der Waals surface area contributed by atoms with Crippen molar-refractivity contribution < 1.29 is 9.90 Å². The maximum Gasteiger partial charge on any atom is 0.251 e. The average Bonchev–Trinajstić information content (AvgIpc) is 2.18. The first-order valence-corrected chi connectivity index (χ1v) is 4.76. The summed E-state index contributed by atoms with van der Waals surface area (Å²) in [6, 6.07) is 6.09. The fraction of sp³-hybridized carbons (Fsp3) is 0.364. The molecule has 0 fully saturated rings. The van der Waals surface area contributed by atoms with Gasteiger partial charge in [-0.25, -0.2) is 0 Å². The summed E-state index contributed by atoms with van der Waals surface area (Å²) in [5.41, 5.74) is 5.59. The van der Waals surface area contributed by atoms with Crippen molar-refractivity contribution in [1.82, 2.24) is 5.32 Å². The van der Waals surface area contributed by atoms with Crippen LogP contribution < -0.4 is 11.1 Å². The molecular weight excluding hydrogens is 192 g/mol. The molecule has 0 aliphatic heterocycles. The number of rotatable bonds is 3. The number of carbonyl (C=O) groups excluding carboxylic acids is 1. The Bertz CT molecular complexity index is 344. The Morgan fingerprint density at radius 1 is 1.40 bits per heavy atom. The zero-order valence-corrected chi connectivity index (χ0v) is 8.95. The van der Waals surface area contributed by atoms with E-state index in [9.17, 15) is 4.79 Å². The largest absolute Gasteiger partial charge is 0.508 e. The highest BCUT2D eigenvalue weighted by atomic mass is 16.3. The number of nitrogens with one attached hydrogen (secondary N) is 1. The van der Waals surface area contributed by atoms with E-state index in [-0.39, 0.29) is 11.7 Å². The molecule has 0 spiro atoms. The number of hydrogen-bond acceptors (Lipinski definition) is 3. The lowest BCUT2D eigenvalue weighted by molar-refractivity contribution is 0.0915. The second kappa shape index (κ2) is 4.31. The maximum atomic E-state index is 11.7. The number of nitrogens with two attached hydrogens (primary N) is 1. The van der Waals surface area contributed by atoms with Crippen LogP contribution in [0, 0.1) is 0 Å². The topological polar surface area (TPSA) is 75.3 Å². The first-order valence-electron chi connectivity index (χ1n) is 4.76. The third-order valence-electron chi connectivity index (χ3n) is 2.09. The van der Waals surface area contributed by atoms with Crippen LogP contribution in [0.25, 0.3) is 0 Å². The Hall–Kier alpha value is -1.55. The number of phenols is 1. The third kappa shape index (κ3) is 3.25. The molecule has 4 N–H and O–H groups in total. The zero-order valence-electron chi connectivity index (χ0n) is 8.95. The van der Waals surface area contributed by atoms with Crippen LogP contribution in [0.15, 0.2) is 24.3 Å². The molecule has 0 saturated heterocycles. The zero-order chi connectivity index (χ0) is 11.5. The first-order chi connectivity index (χ1) is 6.94. The first kappa shape index (κ1) is 11.5. The van der Waals surface area contributed by atoms with Gasteiger partial charge >= 0.3 is 0 Å². The van der Waals surface area contributed by atoms with Gasteiger partial charge in [0.2, 0.25) is 0 Å². The van der Waals surface area contributed by atoms with E-state index in [1.165, 1.54) is 12.1 Å². The highest BCUT2D eigenvalue weighted by Gasteiger charge is 2.18. The van der Waals surface area contributed by atoms with Crippen molar-refractivity contribution >= 4 is 5.91 Å². The summed E-state index contributed by atoms with van der Waals surface area (Å²) < 4.78 is 0. The number of phenolic OH excluding ortho intramolecular Hbond substituents is 1. The van der Waals surface area contributed by atoms with Crippen LogP contribution in [0.3, 0.4) is 0 Å². The Morgan fingerprint density at radius 2 is 1.93 bits per heavy atom. The number of carbonyl (C=O) groups is 1. The van der Waals surface area contributed by atoms with Crippen LogP contribution in [-0.2, 0) is 0 Å². The number of benzene rings is 1. The Kier molecular flexibility index (Phi) is 3.31. The van der Waals surface area contributed by atoms with Crippen LogP contribution in [0.5, 0.6) is 5.75 Å². The molecule has 15 heavy (non-hydrogen) atoms. The third-order valence-corrected chi connectivity index (χ3v) is 2.09. The molecule has 1 aromatic carbocycles. The van der Waals surface area contributed by atoms with Crippen LogP contribution in [0.1, 0.15) is 24.2 Å². The fourth-order valence-electron chi connectivity index (χ4n) is 1.04. The molecule has 0 atom stereocenters. The van der Waals surface area contributed by atoms with Crippen LogP contribution in [0.2, 0.25) is 0 Å². The minimum atomic E-state index is -0.422. The Balaban J connectivity index is 2.74. The molecule has 4 heteroatoms. The monoisotopic (exact) mass is 208 g/mol. The molecule has 82 valence electrons. The van der Waals surface area contributed by atoms with Crippen molar-refractivity contribution in [2.75, 3.05) is 6.54 Å². The van der Waals surface area contributed by atoms with E-state index in [0.717, 1.165) is 0 Å². The summed E-state index contributed by atoms with van der Waals surface area (Å²) in [6.07, 6.45) is 0. The second-order valence-corrected chi connectivity index (χ2v) is 4.09. The van der Waals surface area contributed by atoms with Crippen molar-refractivity contribution in [2.45, 2.75) is 19.4 Å². The van der Waals surface area contributed by atoms with Gasteiger partial charge in [0, 0.05) is 17.6 Å².